The number of carbonyl (C=O) groups excluding carboxylic acids is 1. The molecular formula is C21H20ClF3N2O3. The van der Waals surface area contributed by atoms with Crippen LogP contribution >= 0.6 is 11.6 Å². The van der Waals surface area contributed by atoms with Crippen molar-refractivity contribution >= 4 is 28.3 Å². The molecule has 0 aliphatic rings. The Morgan fingerprint density at radius 1 is 1.23 bits per heavy atom. The van der Waals surface area contributed by atoms with Crippen LogP contribution in [0.3, 0.4) is 0 Å². The van der Waals surface area contributed by atoms with E-state index in [0.29, 0.717) is 33.9 Å². The van der Waals surface area contributed by atoms with Crippen molar-refractivity contribution in [3.63, 3.8) is 0 Å². The van der Waals surface area contributed by atoms with E-state index in [0.717, 1.165) is 0 Å². The van der Waals surface area contributed by atoms with Crippen molar-refractivity contribution in [3.8, 4) is 5.75 Å². The predicted octanol–water partition coefficient (Wildman–Crippen LogP) is 4.69. The molecular weight excluding hydrogens is 421 g/mol. The van der Waals surface area contributed by atoms with Gasteiger partial charge < -0.3 is 13.9 Å². The van der Waals surface area contributed by atoms with Crippen molar-refractivity contribution in [2.75, 3.05) is 6.61 Å². The lowest BCUT2D eigenvalue weighted by molar-refractivity contribution is -0.153. The Bertz CT molecular complexity index is 1180. The van der Waals surface area contributed by atoms with Gasteiger partial charge in [-0.05, 0) is 31.5 Å². The molecule has 0 radical (unpaired) electrons. The van der Waals surface area contributed by atoms with Crippen LogP contribution in [0.1, 0.15) is 28.7 Å². The highest BCUT2D eigenvalue weighted by atomic mass is 35.5. The van der Waals surface area contributed by atoms with Gasteiger partial charge in [0.25, 0.3) is 5.56 Å². The van der Waals surface area contributed by atoms with Gasteiger partial charge in [0.05, 0.1) is 17.8 Å². The summed E-state index contributed by atoms with van der Waals surface area (Å²) in [5.41, 5.74) is 1.21. The van der Waals surface area contributed by atoms with E-state index in [9.17, 15) is 22.8 Å². The summed E-state index contributed by atoms with van der Waals surface area (Å²) in [5, 5.41) is 0.413. The van der Waals surface area contributed by atoms with E-state index in [4.69, 9.17) is 16.3 Å². The second kappa shape index (κ2) is 8.18. The molecule has 5 nitrogen and oxygen atoms in total. The van der Waals surface area contributed by atoms with Crippen LogP contribution in [0.25, 0.3) is 10.9 Å². The first kappa shape index (κ1) is 22.0. The number of benzene rings is 1. The number of hydrogen-bond acceptors (Lipinski definition) is 3. The van der Waals surface area contributed by atoms with Gasteiger partial charge in [0.1, 0.15) is 5.39 Å². The average molecular weight is 441 g/mol. The molecule has 0 fully saturated rings. The van der Waals surface area contributed by atoms with Crippen LogP contribution < -0.4 is 10.3 Å². The molecule has 0 saturated heterocycles. The van der Waals surface area contributed by atoms with E-state index < -0.39 is 18.3 Å². The summed E-state index contributed by atoms with van der Waals surface area (Å²) < 4.78 is 46.0. The van der Waals surface area contributed by atoms with Crippen LogP contribution in [0.15, 0.2) is 35.1 Å². The Hall–Kier alpha value is -2.74. The summed E-state index contributed by atoms with van der Waals surface area (Å²) in [7, 11) is 1.65. The summed E-state index contributed by atoms with van der Waals surface area (Å²) in [6.45, 7) is 1.64. The lowest BCUT2D eigenvalue weighted by Gasteiger charge is -2.13. The zero-order chi connectivity index (χ0) is 22.2. The number of ketones is 1. The molecule has 9 heteroatoms. The van der Waals surface area contributed by atoms with Crippen molar-refractivity contribution in [1.29, 1.82) is 0 Å². The van der Waals surface area contributed by atoms with Crippen LogP contribution in [-0.2, 0) is 20.0 Å². The van der Waals surface area contributed by atoms with E-state index in [-0.39, 0.29) is 23.5 Å². The van der Waals surface area contributed by atoms with E-state index in [1.54, 1.807) is 42.8 Å². The summed E-state index contributed by atoms with van der Waals surface area (Å²) in [6.07, 6.45) is -4.09. The van der Waals surface area contributed by atoms with Gasteiger partial charge in [-0.15, -0.1) is 0 Å². The molecule has 1 aromatic carbocycles. The molecule has 0 aliphatic heterocycles. The maximum Gasteiger partial charge on any atom is 0.422 e. The van der Waals surface area contributed by atoms with Gasteiger partial charge >= 0.3 is 6.18 Å². The Labute approximate surface area is 175 Å². The first-order chi connectivity index (χ1) is 14.0. The molecule has 0 atom stereocenters. The van der Waals surface area contributed by atoms with Crippen LogP contribution in [0.2, 0.25) is 5.02 Å². The minimum Gasteiger partial charge on any atom is -0.481 e. The number of aryl methyl sites for hydroxylation is 2. The molecule has 0 amide bonds. The number of hydrogen-bond donors (Lipinski definition) is 0. The number of aromatic nitrogens is 2. The Morgan fingerprint density at radius 2 is 1.93 bits per heavy atom. The normalized spacial score (nSPS) is 11.8. The summed E-state index contributed by atoms with van der Waals surface area (Å²) in [5.74, 6) is -0.458. The molecule has 0 aliphatic carbocycles. The topological polar surface area (TPSA) is 53.2 Å². The third kappa shape index (κ3) is 4.23. The van der Waals surface area contributed by atoms with Gasteiger partial charge in [-0.3, -0.25) is 9.59 Å². The summed E-state index contributed by atoms with van der Waals surface area (Å²) in [4.78, 5) is 26.0. The molecule has 0 N–H and O–H groups in total. The second-order valence-corrected chi connectivity index (χ2v) is 7.39. The first-order valence-corrected chi connectivity index (χ1v) is 9.61. The van der Waals surface area contributed by atoms with Crippen LogP contribution in [0.4, 0.5) is 13.2 Å². The van der Waals surface area contributed by atoms with E-state index >= 15 is 0 Å². The van der Waals surface area contributed by atoms with Gasteiger partial charge in [0, 0.05) is 23.3 Å². The SMILES string of the molecule is CCc1cc2c(c(OCC(F)(F)F)c(C)n2C)c(=O)n1CC(=O)c1cccc(Cl)c1. The van der Waals surface area contributed by atoms with Crippen molar-refractivity contribution in [2.24, 2.45) is 7.05 Å². The number of pyridine rings is 1. The van der Waals surface area contributed by atoms with Crippen molar-refractivity contribution in [3.05, 3.63) is 62.7 Å². The van der Waals surface area contributed by atoms with Crippen molar-refractivity contribution in [1.82, 2.24) is 9.13 Å². The number of halogens is 4. The number of fused-ring (bicyclic) bond motifs is 1. The zero-order valence-electron chi connectivity index (χ0n) is 16.6. The van der Waals surface area contributed by atoms with Gasteiger partial charge in [-0.2, -0.15) is 13.2 Å². The van der Waals surface area contributed by atoms with Crippen LogP contribution in [-0.4, -0.2) is 27.7 Å². The maximum absolute atomic E-state index is 13.3. The summed E-state index contributed by atoms with van der Waals surface area (Å²) >= 11 is 5.94. The molecule has 30 heavy (non-hydrogen) atoms. The number of alkyl halides is 3. The Kier molecular flexibility index (Phi) is 5.99. The highest BCUT2D eigenvalue weighted by Crippen LogP contribution is 2.32. The minimum atomic E-state index is -4.54. The van der Waals surface area contributed by atoms with E-state index in [1.807, 2.05) is 6.92 Å². The van der Waals surface area contributed by atoms with Crippen molar-refractivity contribution < 1.29 is 22.7 Å². The average Bonchev–Trinajstić information content (AvgIpc) is 2.92. The Morgan fingerprint density at radius 3 is 2.53 bits per heavy atom. The predicted molar refractivity (Wildman–Crippen MR) is 109 cm³/mol. The monoisotopic (exact) mass is 440 g/mol. The molecule has 0 unspecified atom stereocenters. The smallest absolute Gasteiger partial charge is 0.422 e. The molecule has 3 rings (SSSR count). The molecule has 3 aromatic rings. The largest absolute Gasteiger partial charge is 0.481 e. The third-order valence-electron chi connectivity index (χ3n) is 4.98. The van der Waals surface area contributed by atoms with Crippen LogP contribution in [0.5, 0.6) is 5.75 Å². The first-order valence-electron chi connectivity index (χ1n) is 9.23. The molecule has 2 aromatic heterocycles. The molecule has 160 valence electrons. The highest BCUT2D eigenvalue weighted by Gasteiger charge is 2.30. The minimum absolute atomic E-state index is 0.0235. The van der Waals surface area contributed by atoms with Crippen molar-refractivity contribution in [2.45, 2.75) is 33.0 Å². The van der Waals surface area contributed by atoms with Crippen LogP contribution in [0, 0.1) is 6.92 Å². The standard InChI is InChI=1S/C21H20ClF3N2O3/c1-4-15-9-16-18(19(12(2)26(16)3)30-11-21(23,24)25)20(29)27(15)10-17(28)13-6-5-7-14(22)8-13/h5-9H,4,10-11H2,1-3H3. The number of rotatable bonds is 6. The van der Waals surface area contributed by atoms with Gasteiger partial charge in [0.15, 0.2) is 18.1 Å². The lowest BCUT2D eigenvalue weighted by Crippen LogP contribution is -2.28. The van der Waals surface area contributed by atoms with Gasteiger partial charge in [0.2, 0.25) is 0 Å². The Balaban J connectivity index is 2.13. The van der Waals surface area contributed by atoms with Gasteiger partial charge in [-0.25, -0.2) is 0 Å². The number of nitrogens with zero attached hydrogens (tertiary/aromatic N) is 2. The fourth-order valence-electron chi connectivity index (χ4n) is 3.37. The molecule has 0 bridgehead atoms. The maximum atomic E-state index is 13.3. The fourth-order valence-corrected chi connectivity index (χ4v) is 3.56. The van der Waals surface area contributed by atoms with E-state index in [1.165, 1.54) is 10.6 Å². The second-order valence-electron chi connectivity index (χ2n) is 6.95. The highest BCUT2D eigenvalue weighted by molar-refractivity contribution is 6.31. The van der Waals surface area contributed by atoms with E-state index in [2.05, 4.69) is 0 Å². The summed E-state index contributed by atoms with van der Waals surface area (Å²) in [6, 6.07) is 8.06. The number of Topliss-reactive ketones (excluding diaryl/α,β-unsaturated/α-hetero) is 1. The number of ether oxygens (including phenoxy) is 1. The molecule has 0 saturated carbocycles. The molecule has 2 heterocycles. The molecule has 0 spiro atoms. The fraction of sp³-hybridized carbons (Fsp3) is 0.333. The third-order valence-corrected chi connectivity index (χ3v) is 5.21. The zero-order valence-corrected chi connectivity index (χ0v) is 17.4. The number of carbonyl (C=O) groups is 1. The van der Waals surface area contributed by atoms with Gasteiger partial charge in [-0.1, -0.05) is 30.7 Å². The lowest BCUT2D eigenvalue weighted by atomic mass is 10.1. The quantitative estimate of drug-likeness (QED) is 0.523.